The van der Waals surface area contributed by atoms with E-state index in [1.807, 2.05) is 25.1 Å². The Balaban J connectivity index is 1.79. The van der Waals surface area contributed by atoms with Crippen LogP contribution in [0.25, 0.3) is 0 Å². The first kappa shape index (κ1) is 15.8. The molecule has 0 radical (unpaired) electrons. The molecule has 0 aliphatic heterocycles. The number of rotatable bonds is 6. The van der Waals surface area contributed by atoms with E-state index in [2.05, 4.69) is 21.2 Å². The molecule has 0 bridgehead atoms. The third-order valence-electron chi connectivity index (χ3n) is 2.91. The Bertz CT molecular complexity index is 589. The highest BCUT2D eigenvalue weighted by Gasteiger charge is 2.07. The molecule has 1 atom stereocenters. The lowest BCUT2D eigenvalue weighted by Crippen LogP contribution is -2.26. The molecule has 2 rings (SSSR count). The van der Waals surface area contributed by atoms with Crippen LogP contribution in [0.3, 0.4) is 0 Å². The van der Waals surface area contributed by atoms with E-state index in [0.717, 1.165) is 15.7 Å². The smallest absolute Gasteiger partial charge is 0.123 e. The predicted octanol–water partition coefficient (Wildman–Crippen LogP) is 3.75. The van der Waals surface area contributed by atoms with E-state index in [1.54, 1.807) is 0 Å². The van der Waals surface area contributed by atoms with Crippen molar-refractivity contribution in [2.24, 2.45) is 0 Å². The third kappa shape index (κ3) is 5.02. The fourth-order valence-electron chi connectivity index (χ4n) is 1.77. The minimum absolute atomic E-state index is 0.141. The van der Waals surface area contributed by atoms with Gasteiger partial charge in [-0.2, -0.15) is 0 Å². The fraction of sp³-hybridized carbons (Fsp3) is 0.250. The number of benzene rings is 2. The Morgan fingerprint density at radius 3 is 2.62 bits per heavy atom. The highest BCUT2D eigenvalue weighted by atomic mass is 79.9. The van der Waals surface area contributed by atoms with Crippen LogP contribution < -0.4 is 10.1 Å². The number of hydrogen-bond donors (Lipinski definition) is 2. The van der Waals surface area contributed by atoms with Crippen molar-refractivity contribution in [2.45, 2.75) is 13.0 Å². The van der Waals surface area contributed by atoms with Gasteiger partial charge in [0.25, 0.3) is 0 Å². The summed E-state index contributed by atoms with van der Waals surface area (Å²) in [6.45, 7) is 2.52. The van der Waals surface area contributed by atoms with Crippen LogP contribution >= 0.6 is 15.9 Å². The second-order valence-corrected chi connectivity index (χ2v) is 5.64. The molecule has 0 aromatic heterocycles. The van der Waals surface area contributed by atoms with Crippen molar-refractivity contribution in [1.29, 1.82) is 0 Å². The standard InChI is InChI=1S/C16H17BrFNO2/c1-11-2-7-16(15(17)8-11)19-9-13(20)10-21-14-5-3-12(18)4-6-14/h2-8,13,19-20H,9-10H2,1H3. The van der Waals surface area contributed by atoms with Gasteiger partial charge >= 0.3 is 0 Å². The zero-order chi connectivity index (χ0) is 15.2. The molecule has 2 N–H and O–H groups in total. The van der Waals surface area contributed by atoms with Crippen LogP contribution in [0.15, 0.2) is 46.9 Å². The molecule has 0 fully saturated rings. The molecule has 0 aliphatic carbocycles. The van der Waals surface area contributed by atoms with E-state index in [1.165, 1.54) is 24.3 Å². The molecule has 0 saturated carbocycles. The molecule has 2 aromatic carbocycles. The number of aliphatic hydroxyl groups excluding tert-OH is 1. The molecule has 0 saturated heterocycles. The lowest BCUT2D eigenvalue weighted by molar-refractivity contribution is 0.117. The van der Waals surface area contributed by atoms with Crippen LogP contribution in [-0.4, -0.2) is 24.4 Å². The normalized spacial score (nSPS) is 12.0. The van der Waals surface area contributed by atoms with Crippen molar-refractivity contribution in [3.8, 4) is 5.75 Å². The van der Waals surface area contributed by atoms with E-state index in [0.29, 0.717) is 12.3 Å². The highest BCUT2D eigenvalue weighted by Crippen LogP contribution is 2.23. The van der Waals surface area contributed by atoms with Gasteiger partial charge < -0.3 is 15.2 Å². The zero-order valence-corrected chi connectivity index (χ0v) is 13.2. The molecule has 0 aliphatic rings. The lowest BCUT2D eigenvalue weighted by atomic mass is 10.2. The van der Waals surface area contributed by atoms with Crippen LogP contribution in [0, 0.1) is 12.7 Å². The number of aryl methyl sites for hydroxylation is 1. The summed E-state index contributed by atoms with van der Waals surface area (Å²) < 4.78 is 19.1. The lowest BCUT2D eigenvalue weighted by Gasteiger charge is -2.15. The first-order valence-electron chi connectivity index (χ1n) is 6.61. The van der Waals surface area contributed by atoms with Crippen molar-refractivity contribution in [3.05, 3.63) is 58.3 Å². The van der Waals surface area contributed by atoms with Crippen molar-refractivity contribution < 1.29 is 14.2 Å². The Kier molecular flexibility index (Phi) is 5.59. The van der Waals surface area contributed by atoms with Gasteiger partial charge in [-0.3, -0.25) is 0 Å². The van der Waals surface area contributed by atoms with Crippen LogP contribution in [-0.2, 0) is 0 Å². The van der Waals surface area contributed by atoms with Gasteiger partial charge in [-0.1, -0.05) is 6.07 Å². The molecular weight excluding hydrogens is 337 g/mol. The van der Waals surface area contributed by atoms with E-state index in [9.17, 15) is 9.50 Å². The maximum Gasteiger partial charge on any atom is 0.123 e. The number of ether oxygens (including phenoxy) is 1. The van der Waals surface area contributed by atoms with Crippen molar-refractivity contribution in [2.75, 3.05) is 18.5 Å². The maximum atomic E-state index is 12.7. The van der Waals surface area contributed by atoms with E-state index >= 15 is 0 Å². The Morgan fingerprint density at radius 2 is 1.95 bits per heavy atom. The van der Waals surface area contributed by atoms with Crippen LogP contribution in [0.4, 0.5) is 10.1 Å². The number of hydrogen-bond acceptors (Lipinski definition) is 3. The largest absolute Gasteiger partial charge is 0.491 e. The zero-order valence-electron chi connectivity index (χ0n) is 11.6. The summed E-state index contributed by atoms with van der Waals surface area (Å²) in [6.07, 6.45) is -0.664. The van der Waals surface area contributed by atoms with Crippen LogP contribution in [0.1, 0.15) is 5.56 Å². The fourth-order valence-corrected chi connectivity index (χ4v) is 2.41. The monoisotopic (exact) mass is 353 g/mol. The predicted molar refractivity (Wildman–Crippen MR) is 85.3 cm³/mol. The number of anilines is 1. The van der Waals surface area contributed by atoms with Gasteiger partial charge in [0.2, 0.25) is 0 Å². The molecule has 2 aromatic rings. The summed E-state index contributed by atoms with van der Waals surface area (Å²) in [5.74, 6) is 0.223. The van der Waals surface area contributed by atoms with Gasteiger partial charge in [0, 0.05) is 16.7 Å². The molecular formula is C16H17BrFNO2. The molecule has 0 amide bonds. The van der Waals surface area contributed by atoms with E-state index < -0.39 is 6.10 Å². The Hall–Kier alpha value is -1.59. The summed E-state index contributed by atoms with van der Waals surface area (Å²) in [4.78, 5) is 0. The minimum atomic E-state index is -0.664. The summed E-state index contributed by atoms with van der Waals surface area (Å²) >= 11 is 3.47. The van der Waals surface area contributed by atoms with Gasteiger partial charge in [-0.05, 0) is 64.8 Å². The summed E-state index contributed by atoms with van der Waals surface area (Å²) in [5, 5.41) is 13.0. The van der Waals surface area contributed by atoms with E-state index in [4.69, 9.17) is 4.74 Å². The average molecular weight is 354 g/mol. The number of halogens is 2. The van der Waals surface area contributed by atoms with Crippen LogP contribution in [0.2, 0.25) is 0 Å². The first-order valence-corrected chi connectivity index (χ1v) is 7.40. The average Bonchev–Trinajstić information content (AvgIpc) is 2.46. The maximum absolute atomic E-state index is 12.7. The van der Waals surface area contributed by atoms with Gasteiger partial charge in [0.15, 0.2) is 0 Å². The molecule has 1 unspecified atom stereocenters. The molecule has 0 heterocycles. The van der Waals surface area contributed by atoms with Gasteiger partial charge in [0.1, 0.15) is 24.3 Å². The topological polar surface area (TPSA) is 41.5 Å². The molecule has 0 spiro atoms. The summed E-state index contributed by atoms with van der Waals surface area (Å²) in [7, 11) is 0. The molecule has 5 heteroatoms. The Morgan fingerprint density at radius 1 is 1.24 bits per heavy atom. The number of aliphatic hydroxyl groups is 1. The van der Waals surface area contributed by atoms with Crippen molar-refractivity contribution in [3.63, 3.8) is 0 Å². The van der Waals surface area contributed by atoms with Gasteiger partial charge in [-0.25, -0.2) is 4.39 Å². The van der Waals surface area contributed by atoms with Crippen LogP contribution in [0.5, 0.6) is 5.75 Å². The molecule has 21 heavy (non-hydrogen) atoms. The molecule has 3 nitrogen and oxygen atoms in total. The second kappa shape index (κ2) is 7.43. The molecule has 112 valence electrons. The second-order valence-electron chi connectivity index (χ2n) is 4.78. The summed E-state index contributed by atoms with van der Waals surface area (Å²) in [5.41, 5.74) is 2.08. The first-order chi connectivity index (χ1) is 10.0. The quantitative estimate of drug-likeness (QED) is 0.830. The number of nitrogens with one attached hydrogen (secondary N) is 1. The Labute approximate surface area is 131 Å². The summed E-state index contributed by atoms with van der Waals surface area (Å²) in [6, 6.07) is 11.7. The van der Waals surface area contributed by atoms with Crippen molar-refractivity contribution >= 4 is 21.6 Å². The van der Waals surface area contributed by atoms with Gasteiger partial charge in [0.05, 0.1) is 0 Å². The highest BCUT2D eigenvalue weighted by molar-refractivity contribution is 9.10. The van der Waals surface area contributed by atoms with Crippen molar-refractivity contribution in [1.82, 2.24) is 0 Å². The third-order valence-corrected chi connectivity index (χ3v) is 3.56. The van der Waals surface area contributed by atoms with Gasteiger partial charge in [-0.15, -0.1) is 0 Å². The SMILES string of the molecule is Cc1ccc(NCC(O)COc2ccc(F)cc2)c(Br)c1. The minimum Gasteiger partial charge on any atom is -0.491 e. The van der Waals surface area contributed by atoms with E-state index in [-0.39, 0.29) is 12.4 Å².